The van der Waals surface area contributed by atoms with Gasteiger partial charge in [0.2, 0.25) is 0 Å². The van der Waals surface area contributed by atoms with E-state index in [1.54, 1.807) is 7.11 Å². The van der Waals surface area contributed by atoms with Crippen LogP contribution in [0.3, 0.4) is 0 Å². The quantitative estimate of drug-likeness (QED) is 0.551. The summed E-state index contributed by atoms with van der Waals surface area (Å²) in [6, 6.07) is 17.0. The molecule has 0 amide bonds. The molecule has 8 heteroatoms. The maximum atomic E-state index is 5.43. The fourth-order valence-electron chi connectivity index (χ4n) is 4.75. The Labute approximate surface area is 209 Å². The Balaban J connectivity index is 1.46. The lowest BCUT2D eigenvalue weighted by Gasteiger charge is -2.39. The van der Waals surface area contributed by atoms with Gasteiger partial charge in [0, 0.05) is 56.1 Å². The lowest BCUT2D eigenvalue weighted by Crippen LogP contribution is -2.52. The van der Waals surface area contributed by atoms with Gasteiger partial charge in [-0.05, 0) is 51.9 Å². The first-order chi connectivity index (χ1) is 16.1. The predicted octanol–water partition coefficient (Wildman–Crippen LogP) is 2.95. The molecule has 1 fully saturated rings. The molecule has 1 saturated heterocycles. The highest BCUT2D eigenvalue weighted by molar-refractivity contribution is 14.1. The molecule has 1 atom stereocenters. The maximum Gasteiger partial charge on any atom is 0.181 e. The average molecular weight is 558 g/mol. The topological polar surface area (TPSA) is 46.6 Å². The number of hydrogen-bond acceptors (Lipinski definition) is 7. The Morgan fingerprint density at radius 1 is 1.09 bits per heavy atom. The Kier molecular flexibility index (Phi) is 6.75. The van der Waals surface area contributed by atoms with Gasteiger partial charge in [0.1, 0.15) is 5.75 Å². The van der Waals surface area contributed by atoms with Gasteiger partial charge in [-0.1, -0.05) is 30.3 Å². The summed E-state index contributed by atoms with van der Waals surface area (Å²) in [7, 11) is 3.87. The highest BCUT2D eigenvalue weighted by Crippen LogP contribution is 2.31. The van der Waals surface area contributed by atoms with Crippen LogP contribution in [0.5, 0.6) is 5.75 Å². The lowest BCUT2D eigenvalue weighted by molar-refractivity contribution is 0.0696. The zero-order valence-corrected chi connectivity index (χ0v) is 21.4. The van der Waals surface area contributed by atoms with Crippen molar-refractivity contribution in [3.05, 3.63) is 75.1 Å². The molecule has 1 unspecified atom stereocenters. The molecule has 174 valence electrons. The number of rotatable bonds is 6. The lowest BCUT2D eigenvalue weighted by atomic mass is 10.2. The highest BCUT2D eigenvalue weighted by Gasteiger charge is 2.39. The summed E-state index contributed by atoms with van der Waals surface area (Å²) in [5, 5.41) is 3.47. The highest BCUT2D eigenvalue weighted by atomic mass is 127. The molecule has 2 aromatic carbocycles. The van der Waals surface area contributed by atoms with Crippen LogP contribution in [-0.4, -0.2) is 78.7 Å². The van der Waals surface area contributed by atoms with E-state index in [-0.39, 0.29) is 6.29 Å². The van der Waals surface area contributed by atoms with Crippen LogP contribution in [0.15, 0.2) is 65.4 Å². The van der Waals surface area contributed by atoms with Crippen molar-refractivity contribution < 1.29 is 4.74 Å². The summed E-state index contributed by atoms with van der Waals surface area (Å²) in [5.41, 5.74) is 3.78. The molecule has 7 nitrogen and oxygen atoms in total. The molecule has 0 saturated carbocycles. The van der Waals surface area contributed by atoms with Crippen LogP contribution in [-0.2, 0) is 13.1 Å². The molecule has 33 heavy (non-hydrogen) atoms. The molecular weight excluding hydrogens is 527 g/mol. The zero-order valence-electron chi connectivity index (χ0n) is 19.2. The number of likely N-dealkylation sites (N-methyl/N-ethyl adjacent to an activating group) is 1. The fourth-order valence-corrected chi connectivity index (χ4v) is 5.31. The van der Waals surface area contributed by atoms with Gasteiger partial charge in [-0.2, -0.15) is 0 Å². The Morgan fingerprint density at radius 2 is 1.91 bits per heavy atom. The van der Waals surface area contributed by atoms with Crippen LogP contribution in [0, 0.1) is 3.57 Å². The third-order valence-electron chi connectivity index (χ3n) is 6.41. The van der Waals surface area contributed by atoms with E-state index in [2.05, 4.69) is 103 Å². The van der Waals surface area contributed by atoms with Crippen molar-refractivity contribution in [1.29, 1.82) is 0 Å². The van der Waals surface area contributed by atoms with Crippen molar-refractivity contribution in [1.82, 2.24) is 24.9 Å². The van der Waals surface area contributed by atoms with E-state index in [1.807, 2.05) is 6.07 Å². The SMILES string of the molecule is COc1cccc(CN2C=C3C(=NC(N4CCNCC4)N3Cc3ccccc3I)N(C)C2)c1. The van der Waals surface area contributed by atoms with Gasteiger partial charge in [0.15, 0.2) is 12.1 Å². The number of amidine groups is 1. The van der Waals surface area contributed by atoms with E-state index in [1.165, 1.54) is 20.4 Å². The minimum atomic E-state index is 0.0311. The molecule has 0 bridgehead atoms. The van der Waals surface area contributed by atoms with Crippen LogP contribution in [0.1, 0.15) is 11.1 Å². The number of aliphatic imine (C=N–C) groups is 1. The average Bonchev–Trinajstić information content (AvgIpc) is 3.20. The minimum Gasteiger partial charge on any atom is -0.497 e. The Bertz CT molecular complexity index is 1050. The standard InChI is InChI=1S/C25H31IN6O/c1-29-18-30(15-19-6-5-8-21(14-19)33-2)17-23-24(29)28-25(31-12-10-27-11-13-31)32(23)16-20-7-3-4-9-22(20)26/h3-9,14,17,25,27H,10-13,15-16,18H2,1-2H3. The van der Waals surface area contributed by atoms with Gasteiger partial charge in [0.05, 0.1) is 19.5 Å². The van der Waals surface area contributed by atoms with Crippen molar-refractivity contribution in [2.24, 2.45) is 4.99 Å². The molecule has 0 aliphatic carbocycles. The summed E-state index contributed by atoms with van der Waals surface area (Å²) in [6.07, 6.45) is 2.33. The number of piperazine rings is 1. The van der Waals surface area contributed by atoms with Gasteiger partial charge in [-0.25, -0.2) is 4.99 Å². The Hall–Kier alpha value is -2.30. The number of ether oxygens (including phenoxy) is 1. The van der Waals surface area contributed by atoms with Gasteiger partial charge >= 0.3 is 0 Å². The molecular formula is C25H31IN6O. The van der Waals surface area contributed by atoms with E-state index in [0.717, 1.165) is 57.5 Å². The van der Waals surface area contributed by atoms with E-state index in [0.29, 0.717) is 0 Å². The Morgan fingerprint density at radius 3 is 2.70 bits per heavy atom. The first-order valence-electron chi connectivity index (χ1n) is 11.5. The first-order valence-corrected chi connectivity index (χ1v) is 12.5. The molecule has 3 aliphatic rings. The van der Waals surface area contributed by atoms with Crippen molar-refractivity contribution in [2.45, 2.75) is 19.4 Å². The number of methoxy groups -OCH3 is 1. The third-order valence-corrected chi connectivity index (χ3v) is 7.46. The summed E-state index contributed by atoms with van der Waals surface area (Å²) >= 11 is 2.45. The number of halogens is 1. The zero-order chi connectivity index (χ0) is 22.8. The number of fused-ring (bicyclic) bond motifs is 1. The number of nitrogens with one attached hydrogen (secondary N) is 1. The van der Waals surface area contributed by atoms with E-state index in [9.17, 15) is 0 Å². The number of benzene rings is 2. The van der Waals surface area contributed by atoms with Crippen LogP contribution >= 0.6 is 22.6 Å². The summed E-state index contributed by atoms with van der Waals surface area (Å²) in [5.74, 6) is 1.99. The second kappa shape index (κ2) is 9.90. The number of nitrogens with zero attached hydrogens (tertiary/aromatic N) is 5. The third kappa shape index (κ3) is 4.83. The van der Waals surface area contributed by atoms with Crippen LogP contribution < -0.4 is 10.1 Å². The number of hydrogen-bond donors (Lipinski definition) is 1. The van der Waals surface area contributed by atoms with Gasteiger partial charge in [0.25, 0.3) is 0 Å². The van der Waals surface area contributed by atoms with Crippen molar-refractivity contribution in [2.75, 3.05) is 47.0 Å². The van der Waals surface area contributed by atoms with Gasteiger partial charge < -0.3 is 24.8 Å². The smallest absolute Gasteiger partial charge is 0.181 e. The predicted molar refractivity (Wildman–Crippen MR) is 140 cm³/mol. The van der Waals surface area contributed by atoms with E-state index >= 15 is 0 Å². The van der Waals surface area contributed by atoms with Crippen molar-refractivity contribution in [3.8, 4) is 5.75 Å². The van der Waals surface area contributed by atoms with Gasteiger partial charge in [-0.3, -0.25) is 4.90 Å². The fraction of sp³-hybridized carbons (Fsp3) is 0.400. The second-order valence-corrected chi connectivity index (χ2v) is 9.92. The minimum absolute atomic E-state index is 0.0311. The molecule has 0 aromatic heterocycles. The monoisotopic (exact) mass is 558 g/mol. The summed E-state index contributed by atoms with van der Waals surface area (Å²) in [6.45, 7) is 6.51. The van der Waals surface area contributed by atoms with Crippen LogP contribution in [0.25, 0.3) is 0 Å². The van der Waals surface area contributed by atoms with E-state index < -0.39 is 0 Å². The molecule has 3 aliphatic heterocycles. The molecule has 0 radical (unpaired) electrons. The second-order valence-electron chi connectivity index (χ2n) is 8.76. The van der Waals surface area contributed by atoms with Gasteiger partial charge in [-0.15, -0.1) is 0 Å². The molecule has 3 heterocycles. The molecule has 2 aromatic rings. The van der Waals surface area contributed by atoms with Crippen molar-refractivity contribution >= 4 is 28.4 Å². The maximum absolute atomic E-state index is 5.43. The molecule has 5 rings (SSSR count). The molecule has 0 spiro atoms. The van der Waals surface area contributed by atoms with Crippen molar-refractivity contribution in [3.63, 3.8) is 0 Å². The van der Waals surface area contributed by atoms with E-state index in [4.69, 9.17) is 9.73 Å². The summed E-state index contributed by atoms with van der Waals surface area (Å²) < 4.78 is 6.72. The normalized spacial score (nSPS) is 21.1. The van der Waals surface area contributed by atoms with Crippen LogP contribution in [0.4, 0.5) is 0 Å². The first kappa shape index (κ1) is 22.5. The summed E-state index contributed by atoms with van der Waals surface area (Å²) in [4.78, 5) is 14.9. The molecule has 1 N–H and O–H groups in total. The largest absolute Gasteiger partial charge is 0.497 e. The van der Waals surface area contributed by atoms with Crippen LogP contribution in [0.2, 0.25) is 0 Å².